The minimum Gasteiger partial charge on any atom is -0.434 e. The molecule has 5 aromatic rings. The van der Waals surface area contributed by atoms with E-state index >= 15 is 0 Å². The molecule has 2 N–H and O–H groups in total. The number of fused-ring (bicyclic) bond motifs is 1. The second-order valence-corrected chi connectivity index (χ2v) is 11.4. The normalized spacial score (nSPS) is 19.0. The average molecular weight is 593 g/mol. The van der Waals surface area contributed by atoms with Crippen LogP contribution in [0.25, 0.3) is 45.2 Å². The predicted molar refractivity (Wildman–Crippen MR) is 150 cm³/mol. The molecule has 0 amide bonds. The van der Waals surface area contributed by atoms with E-state index in [-0.39, 0.29) is 41.2 Å². The minimum atomic E-state index is -4.68. The first-order chi connectivity index (χ1) is 20.6. The number of hydrogen-bond acceptors (Lipinski definition) is 7. The van der Waals surface area contributed by atoms with Gasteiger partial charge in [-0.1, -0.05) is 6.07 Å². The first kappa shape index (κ1) is 27.7. The zero-order valence-electron chi connectivity index (χ0n) is 23.2. The quantitative estimate of drug-likeness (QED) is 0.211. The molecule has 0 bridgehead atoms. The van der Waals surface area contributed by atoms with Crippen LogP contribution in [0, 0.1) is 5.82 Å². The minimum absolute atomic E-state index is 0.0390. The van der Waals surface area contributed by atoms with E-state index < -0.39 is 23.7 Å². The van der Waals surface area contributed by atoms with E-state index in [0.29, 0.717) is 34.5 Å². The number of oxazole rings is 1. The number of pyridine rings is 1. The number of alkyl halides is 3. The van der Waals surface area contributed by atoms with Gasteiger partial charge in [0.05, 0.1) is 6.10 Å². The van der Waals surface area contributed by atoms with Crippen molar-refractivity contribution >= 4 is 11.1 Å². The summed E-state index contributed by atoms with van der Waals surface area (Å²) in [6.07, 6.45) is 0.509. The van der Waals surface area contributed by atoms with Crippen LogP contribution in [0.5, 0.6) is 0 Å². The maximum absolute atomic E-state index is 14.4. The summed E-state index contributed by atoms with van der Waals surface area (Å²) in [5.41, 5.74) is 2.07. The van der Waals surface area contributed by atoms with Crippen molar-refractivity contribution in [2.24, 2.45) is 7.05 Å². The average Bonchev–Trinajstić information content (AvgIpc) is 3.38. The summed E-state index contributed by atoms with van der Waals surface area (Å²) in [6, 6.07) is 10.5. The Morgan fingerprint density at radius 2 is 1.86 bits per heavy atom. The van der Waals surface area contributed by atoms with E-state index in [1.807, 2.05) is 6.07 Å². The molecule has 43 heavy (non-hydrogen) atoms. The highest BCUT2D eigenvalue weighted by molar-refractivity contribution is 5.84. The molecule has 12 heteroatoms. The number of rotatable bonds is 7. The van der Waals surface area contributed by atoms with Gasteiger partial charge in [-0.05, 0) is 85.2 Å². The summed E-state index contributed by atoms with van der Waals surface area (Å²) in [6.45, 7) is 0.151. The Balaban J connectivity index is 1.33. The number of aryl methyl sites for hydroxylation is 1. The van der Waals surface area contributed by atoms with Gasteiger partial charge >= 0.3 is 6.18 Å². The van der Waals surface area contributed by atoms with E-state index in [1.54, 1.807) is 29.8 Å². The van der Waals surface area contributed by atoms with Gasteiger partial charge in [0.25, 0.3) is 0 Å². The molecule has 0 aliphatic heterocycles. The number of benzene rings is 2. The summed E-state index contributed by atoms with van der Waals surface area (Å²) in [7, 11) is 1.76. The fraction of sp³-hybridized carbons (Fsp3) is 0.355. The van der Waals surface area contributed by atoms with Gasteiger partial charge in [0.2, 0.25) is 5.89 Å². The lowest BCUT2D eigenvalue weighted by Crippen LogP contribution is -2.35. The van der Waals surface area contributed by atoms with Crippen LogP contribution in [0.1, 0.15) is 54.8 Å². The molecule has 7 rings (SSSR count). The molecular formula is C31H28F4N6O2. The van der Waals surface area contributed by atoms with Crippen LogP contribution in [-0.4, -0.2) is 42.0 Å². The van der Waals surface area contributed by atoms with Crippen molar-refractivity contribution in [2.75, 3.05) is 0 Å². The molecule has 2 fully saturated rings. The molecule has 0 spiro atoms. The highest BCUT2D eigenvalue weighted by atomic mass is 19.4. The van der Waals surface area contributed by atoms with Crippen molar-refractivity contribution in [1.82, 2.24) is 30.0 Å². The van der Waals surface area contributed by atoms with E-state index in [0.717, 1.165) is 37.4 Å². The summed E-state index contributed by atoms with van der Waals surface area (Å²) in [4.78, 5) is 9.22. The van der Waals surface area contributed by atoms with Gasteiger partial charge in [0.15, 0.2) is 11.4 Å². The summed E-state index contributed by atoms with van der Waals surface area (Å²) in [5.74, 6) is 0.188. The van der Waals surface area contributed by atoms with Gasteiger partial charge < -0.3 is 19.4 Å². The van der Waals surface area contributed by atoms with Crippen molar-refractivity contribution in [3.63, 3.8) is 0 Å². The molecule has 2 saturated carbocycles. The lowest BCUT2D eigenvalue weighted by molar-refractivity contribution is -0.136. The molecule has 3 aromatic heterocycles. The van der Waals surface area contributed by atoms with Crippen LogP contribution in [-0.2, 0) is 19.8 Å². The van der Waals surface area contributed by atoms with Crippen LogP contribution in [0.3, 0.4) is 0 Å². The van der Waals surface area contributed by atoms with Gasteiger partial charge in [-0.15, -0.1) is 10.2 Å². The number of aliphatic hydroxyl groups is 1. The molecule has 222 valence electrons. The monoisotopic (exact) mass is 592 g/mol. The molecule has 2 unspecified atom stereocenters. The number of nitrogens with zero attached hydrogens (tertiary/aromatic N) is 5. The Morgan fingerprint density at radius 1 is 1.02 bits per heavy atom. The zero-order valence-corrected chi connectivity index (χ0v) is 23.2. The van der Waals surface area contributed by atoms with Crippen LogP contribution < -0.4 is 5.32 Å². The Morgan fingerprint density at radius 3 is 2.56 bits per heavy atom. The van der Waals surface area contributed by atoms with E-state index in [2.05, 4.69) is 20.5 Å². The van der Waals surface area contributed by atoms with E-state index in [1.165, 1.54) is 18.5 Å². The van der Waals surface area contributed by atoms with E-state index in [4.69, 9.17) is 9.40 Å². The topological polar surface area (TPSA) is 102 Å². The van der Waals surface area contributed by atoms with Gasteiger partial charge in [-0.2, -0.15) is 13.2 Å². The largest absolute Gasteiger partial charge is 0.434 e. The lowest BCUT2D eigenvalue weighted by atomic mass is 9.97. The summed E-state index contributed by atoms with van der Waals surface area (Å²) < 4.78 is 64.5. The molecule has 2 aliphatic rings. The van der Waals surface area contributed by atoms with E-state index in [9.17, 15) is 22.7 Å². The third-order valence-corrected chi connectivity index (χ3v) is 8.21. The molecule has 3 heterocycles. The van der Waals surface area contributed by atoms with Crippen molar-refractivity contribution in [3.05, 3.63) is 71.4 Å². The van der Waals surface area contributed by atoms with Crippen LogP contribution in [0.4, 0.5) is 17.6 Å². The highest BCUT2D eigenvalue weighted by Gasteiger charge is 2.36. The Kier molecular flexibility index (Phi) is 6.77. The fourth-order valence-electron chi connectivity index (χ4n) is 5.83. The standard InChI is InChI=1S/C31H28F4N6O2/c1-41-15-37-40-29(41)21-13-19(32)7-8-20(21)18-11-24(17-5-6-17)38-26(12-18)30-39-25-10-16(14-36-23-3-2-4-27(23)42)9-22(28(25)43-30)31(33,34)35/h7-13,15,17,23,27,36,42H,2-6,14H2,1H3. The fourth-order valence-corrected chi connectivity index (χ4v) is 5.83. The second-order valence-electron chi connectivity index (χ2n) is 11.4. The SMILES string of the molecule is Cn1cnnc1-c1cc(F)ccc1-c1cc(-c2nc3cc(CNC4CCCC4O)cc(C(F)(F)F)c3o2)nc(C2CC2)c1. The Labute approximate surface area is 243 Å². The highest BCUT2D eigenvalue weighted by Crippen LogP contribution is 2.43. The second kappa shape index (κ2) is 10.5. The summed E-state index contributed by atoms with van der Waals surface area (Å²) in [5, 5.41) is 21.4. The first-order valence-electron chi connectivity index (χ1n) is 14.2. The molecule has 0 radical (unpaired) electrons. The smallest absolute Gasteiger partial charge is 0.420 e. The number of halogens is 4. The van der Waals surface area contributed by atoms with Crippen molar-refractivity contribution in [1.29, 1.82) is 0 Å². The Hall–Kier alpha value is -4.16. The van der Waals surface area contributed by atoms with Gasteiger partial charge in [0, 0.05) is 36.8 Å². The van der Waals surface area contributed by atoms with Crippen LogP contribution in [0.15, 0.2) is 53.2 Å². The molecule has 0 saturated heterocycles. The Bertz CT molecular complexity index is 1830. The maximum Gasteiger partial charge on any atom is 0.420 e. The van der Waals surface area contributed by atoms with Crippen molar-refractivity contribution < 1.29 is 27.1 Å². The third kappa shape index (κ3) is 5.40. The lowest BCUT2D eigenvalue weighted by Gasteiger charge is -2.17. The third-order valence-electron chi connectivity index (χ3n) is 8.21. The van der Waals surface area contributed by atoms with Gasteiger partial charge in [0.1, 0.15) is 28.9 Å². The van der Waals surface area contributed by atoms with Crippen molar-refractivity contribution in [3.8, 4) is 34.1 Å². The molecule has 2 atom stereocenters. The molecular weight excluding hydrogens is 564 g/mol. The number of aromatic nitrogens is 5. The van der Waals surface area contributed by atoms with Gasteiger partial charge in [-0.3, -0.25) is 0 Å². The zero-order chi connectivity index (χ0) is 29.9. The van der Waals surface area contributed by atoms with Crippen LogP contribution in [0.2, 0.25) is 0 Å². The maximum atomic E-state index is 14.4. The summed E-state index contributed by atoms with van der Waals surface area (Å²) >= 11 is 0. The molecule has 8 nitrogen and oxygen atoms in total. The van der Waals surface area contributed by atoms with Crippen LogP contribution >= 0.6 is 0 Å². The number of nitrogens with one attached hydrogen (secondary N) is 1. The molecule has 2 aromatic carbocycles. The number of hydrogen-bond donors (Lipinski definition) is 2. The number of aliphatic hydroxyl groups excluding tert-OH is 1. The molecule has 2 aliphatic carbocycles. The van der Waals surface area contributed by atoms with Crippen molar-refractivity contribution in [2.45, 2.75) is 62.9 Å². The predicted octanol–water partition coefficient (Wildman–Crippen LogP) is 6.39. The first-order valence-corrected chi connectivity index (χ1v) is 14.2. The van der Waals surface area contributed by atoms with Gasteiger partial charge in [-0.25, -0.2) is 14.4 Å².